The van der Waals surface area contributed by atoms with Crippen molar-refractivity contribution in [3.05, 3.63) is 54.9 Å². The molecule has 1 atom stereocenters. The lowest BCUT2D eigenvalue weighted by molar-refractivity contribution is -0.137. The summed E-state index contributed by atoms with van der Waals surface area (Å²) in [4.78, 5) is 19.4. The van der Waals surface area contributed by atoms with E-state index < -0.39 is 5.97 Å². The molecule has 0 fully saturated rings. The van der Waals surface area contributed by atoms with Crippen molar-refractivity contribution in [2.75, 3.05) is 5.32 Å². The minimum absolute atomic E-state index is 0.0306. The maximum atomic E-state index is 10.9. The monoisotopic (exact) mass is 335 g/mol. The lowest BCUT2D eigenvalue weighted by Crippen LogP contribution is -2.19. The van der Waals surface area contributed by atoms with Crippen LogP contribution in [0.2, 0.25) is 0 Å². The molecule has 2 N–H and O–H groups in total. The van der Waals surface area contributed by atoms with Gasteiger partial charge in [0.25, 0.3) is 0 Å². The zero-order valence-electron chi connectivity index (χ0n) is 13.6. The molecule has 1 unspecified atom stereocenters. The third-order valence-electron chi connectivity index (χ3n) is 3.54. The number of hydrogen-bond donors (Lipinski definition) is 2. The highest BCUT2D eigenvalue weighted by molar-refractivity contribution is 5.98. The Balaban J connectivity index is 1.93. The van der Waals surface area contributed by atoms with Crippen molar-refractivity contribution >= 4 is 34.1 Å². The van der Waals surface area contributed by atoms with Gasteiger partial charge in [-0.05, 0) is 43.3 Å². The first-order valence-corrected chi connectivity index (χ1v) is 7.82. The second-order valence-corrected chi connectivity index (χ2v) is 5.56. The molecule has 0 bridgehead atoms. The summed E-state index contributed by atoms with van der Waals surface area (Å²) in [6.45, 7) is 1.82. The van der Waals surface area contributed by atoms with E-state index in [0.29, 0.717) is 17.0 Å². The van der Waals surface area contributed by atoms with Gasteiger partial charge >= 0.3 is 5.97 Å². The Morgan fingerprint density at radius 2 is 1.96 bits per heavy atom. The SMILES string of the molecule is CC(CC(=O)O)Nc1ccc(/N=N/c2ccccn2)c2ncccc12. The highest BCUT2D eigenvalue weighted by Gasteiger charge is 2.11. The van der Waals surface area contributed by atoms with Crippen molar-refractivity contribution in [3.8, 4) is 0 Å². The van der Waals surface area contributed by atoms with E-state index >= 15 is 0 Å². The first-order chi connectivity index (χ1) is 12.1. The van der Waals surface area contributed by atoms with E-state index in [4.69, 9.17) is 5.11 Å². The molecule has 0 aliphatic carbocycles. The maximum Gasteiger partial charge on any atom is 0.305 e. The van der Waals surface area contributed by atoms with Crippen LogP contribution < -0.4 is 5.32 Å². The van der Waals surface area contributed by atoms with Gasteiger partial charge in [0.2, 0.25) is 0 Å². The Hall–Kier alpha value is -3.35. The van der Waals surface area contributed by atoms with Gasteiger partial charge in [0.05, 0.1) is 11.9 Å². The van der Waals surface area contributed by atoms with Gasteiger partial charge in [0.1, 0.15) is 5.69 Å². The van der Waals surface area contributed by atoms with Gasteiger partial charge in [0.15, 0.2) is 5.82 Å². The molecule has 1 aromatic carbocycles. The second kappa shape index (κ2) is 7.48. The van der Waals surface area contributed by atoms with E-state index in [1.165, 1.54) is 0 Å². The minimum atomic E-state index is -0.844. The van der Waals surface area contributed by atoms with E-state index in [-0.39, 0.29) is 12.5 Å². The van der Waals surface area contributed by atoms with Crippen LogP contribution in [-0.2, 0) is 4.79 Å². The van der Waals surface area contributed by atoms with E-state index in [9.17, 15) is 4.79 Å². The number of benzene rings is 1. The number of carboxylic acids is 1. The van der Waals surface area contributed by atoms with Crippen LogP contribution in [0.1, 0.15) is 13.3 Å². The molecule has 0 aliphatic heterocycles. The third-order valence-corrected chi connectivity index (χ3v) is 3.54. The molecule has 126 valence electrons. The Morgan fingerprint density at radius 1 is 1.12 bits per heavy atom. The van der Waals surface area contributed by atoms with Crippen molar-refractivity contribution in [2.45, 2.75) is 19.4 Å². The number of fused-ring (bicyclic) bond motifs is 1. The zero-order valence-corrected chi connectivity index (χ0v) is 13.6. The van der Waals surface area contributed by atoms with Crippen LogP contribution in [0.5, 0.6) is 0 Å². The van der Waals surface area contributed by atoms with Crippen LogP contribution in [0, 0.1) is 0 Å². The van der Waals surface area contributed by atoms with E-state index in [1.54, 1.807) is 24.5 Å². The van der Waals surface area contributed by atoms with Crippen LogP contribution in [0.15, 0.2) is 65.1 Å². The predicted octanol–water partition coefficient (Wildman–Crippen LogP) is 4.32. The van der Waals surface area contributed by atoms with Gasteiger partial charge in [-0.15, -0.1) is 10.2 Å². The standard InChI is InChI=1S/C18H17N5O2/c1-12(11-17(24)25)21-14-7-8-15(18-13(14)5-4-10-20-18)22-23-16-6-2-3-9-19-16/h2-10,12,21H,11H2,1H3,(H,24,25)/b23-22+. The number of aromatic nitrogens is 2. The summed E-state index contributed by atoms with van der Waals surface area (Å²) >= 11 is 0. The minimum Gasteiger partial charge on any atom is -0.481 e. The van der Waals surface area contributed by atoms with E-state index in [1.807, 2.05) is 37.3 Å². The van der Waals surface area contributed by atoms with Crippen molar-refractivity contribution < 1.29 is 9.90 Å². The molecule has 7 nitrogen and oxygen atoms in total. The summed E-state index contributed by atoms with van der Waals surface area (Å²) in [6.07, 6.45) is 3.37. The zero-order chi connectivity index (χ0) is 17.6. The highest BCUT2D eigenvalue weighted by atomic mass is 16.4. The summed E-state index contributed by atoms with van der Waals surface area (Å²) in [5, 5.41) is 21.4. The molecule has 0 aliphatic rings. The normalized spacial score (nSPS) is 12.4. The Bertz CT molecular complexity index is 912. The van der Waals surface area contributed by atoms with Gasteiger partial charge in [-0.3, -0.25) is 9.78 Å². The Kier molecular flexibility index (Phi) is 4.94. The van der Waals surface area contributed by atoms with Gasteiger partial charge in [-0.1, -0.05) is 6.07 Å². The molecule has 3 rings (SSSR count). The third kappa shape index (κ3) is 4.14. The molecule has 0 saturated heterocycles. The quantitative estimate of drug-likeness (QED) is 0.653. The molecule has 0 saturated carbocycles. The van der Waals surface area contributed by atoms with Gasteiger partial charge < -0.3 is 10.4 Å². The number of azo groups is 1. The summed E-state index contributed by atoms with van der Waals surface area (Å²) in [6, 6.07) is 12.6. The number of hydrogen-bond acceptors (Lipinski definition) is 6. The molecule has 7 heteroatoms. The number of nitrogens with zero attached hydrogens (tertiary/aromatic N) is 4. The molecule has 2 aromatic heterocycles. The average Bonchev–Trinajstić information content (AvgIpc) is 2.61. The first kappa shape index (κ1) is 16.5. The van der Waals surface area contributed by atoms with Crippen LogP contribution in [0.3, 0.4) is 0 Å². The molecule has 2 heterocycles. The summed E-state index contributed by atoms with van der Waals surface area (Å²) in [7, 11) is 0. The Labute approximate surface area is 144 Å². The van der Waals surface area contributed by atoms with E-state index in [2.05, 4.69) is 25.5 Å². The number of rotatable bonds is 6. The molecule has 25 heavy (non-hydrogen) atoms. The van der Waals surface area contributed by atoms with Crippen molar-refractivity contribution in [1.82, 2.24) is 9.97 Å². The number of anilines is 1. The largest absolute Gasteiger partial charge is 0.481 e. The average molecular weight is 335 g/mol. The van der Waals surface area contributed by atoms with Crippen molar-refractivity contribution in [1.29, 1.82) is 0 Å². The van der Waals surface area contributed by atoms with Crippen LogP contribution in [0.4, 0.5) is 17.2 Å². The fourth-order valence-corrected chi connectivity index (χ4v) is 2.46. The highest BCUT2D eigenvalue weighted by Crippen LogP contribution is 2.31. The van der Waals surface area contributed by atoms with Gasteiger partial charge in [-0.25, -0.2) is 4.98 Å². The van der Waals surface area contributed by atoms with Crippen LogP contribution in [0.25, 0.3) is 10.9 Å². The maximum absolute atomic E-state index is 10.9. The van der Waals surface area contributed by atoms with Gasteiger partial charge in [0, 0.05) is 29.5 Å². The molecular formula is C18H17N5O2. The lowest BCUT2D eigenvalue weighted by Gasteiger charge is -2.15. The fourth-order valence-electron chi connectivity index (χ4n) is 2.46. The summed E-state index contributed by atoms with van der Waals surface area (Å²) in [5.74, 6) is -0.327. The Morgan fingerprint density at radius 3 is 2.72 bits per heavy atom. The number of aliphatic carboxylic acids is 1. The van der Waals surface area contributed by atoms with Crippen LogP contribution in [-0.4, -0.2) is 27.1 Å². The van der Waals surface area contributed by atoms with Crippen molar-refractivity contribution in [2.24, 2.45) is 10.2 Å². The fraction of sp³-hybridized carbons (Fsp3) is 0.167. The number of carboxylic acid groups (broad SMARTS) is 1. The molecule has 0 spiro atoms. The first-order valence-electron chi connectivity index (χ1n) is 7.82. The second-order valence-electron chi connectivity index (χ2n) is 5.56. The lowest BCUT2D eigenvalue weighted by atomic mass is 10.1. The predicted molar refractivity (Wildman–Crippen MR) is 95.5 cm³/mol. The van der Waals surface area contributed by atoms with Crippen molar-refractivity contribution in [3.63, 3.8) is 0 Å². The molecule has 3 aromatic rings. The van der Waals surface area contributed by atoms with Crippen LogP contribution >= 0.6 is 0 Å². The smallest absolute Gasteiger partial charge is 0.305 e. The number of pyridine rings is 2. The topological polar surface area (TPSA) is 99.8 Å². The summed E-state index contributed by atoms with van der Waals surface area (Å²) in [5.41, 5.74) is 2.13. The number of carbonyl (C=O) groups is 1. The van der Waals surface area contributed by atoms with E-state index in [0.717, 1.165) is 11.1 Å². The summed E-state index contributed by atoms with van der Waals surface area (Å²) < 4.78 is 0. The molecule has 0 radical (unpaired) electrons. The molecular weight excluding hydrogens is 318 g/mol. The number of nitrogens with one attached hydrogen (secondary N) is 1. The molecule has 0 amide bonds. The van der Waals surface area contributed by atoms with Gasteiger partial charge in [-0.2, -0.15) is 0 Å².